The van der Waals surface area contributed by atoms with Gasteiger partial charge in [-0.25, -0.2) is 0 Å². The molecule has 1 aliphatic heterocycles. The molecule has 5 rings (SSSR count). The van der Waals surface area contributed by atoms with Crippen LogP contribution >= 0.6 is 0 Å². The van der Waals surface area contributed by atoms with Gasteiger partial charge in [0.25, 0.3) is 0 Å². The fourth-order valence-corrected chi connectivity index (χ4v) is 4.38. The van der Waals surface area contributed by atoms with Crippen LogP contribution in [-0.4, -0.2) is 61.1 Å². The summed E-state index contributed by atoms with van der Waals surface area (Å²) in [5.41, 5.74) is 1.30. The summed E-state index contributed by atoms with van der Waals surface area (Å²) in [5, 5.41) is 7.07. The molecule has 0 spiro atoms. The molecule has 2 aromatic carbocycles. The third kappa shape index (κ3) is 3.70. The van der Waals surface area contributed by atoms with Crippen molar-refractivity contribution in [2.75, 3.05) is 39.5 Å². The molecule has 0 amide bonds. The Morgan fingerprint density at radius 2 is 2.00 bits per heavy atom. The topological polar surface area (TPSA) is 81.9 Å². The van der Waals surface area contributed by atoms with Gasteiger partial charge in [-0.15, -0.1) is 0 Å². The van der Waals surface area contributed by atoms with Crippen LogP contribution in [0.25, 0.3) is 21.7 Å². The van der Waals surface area contributed by atoms with E-state index in [0.29, 0.717) is 30.7 Å². The number of hydrogen-bond donors (Lipinski definition) is 0. The minimum atomic E-state index is -0.376. The molecule has 1 aromatic heterocycles. The maximum absolute atomic E-state index is 12.5. The maximum atomic E-state index is 12.5. The average Bonchev–Trinajstić information content (AvgIpc) is 3.19. The van der Waals surface area contributed by atoms with Gasteiger partial charge in [0, 0.05) is 26.1 Å². The van der Waals surface area contributed by atoms with E-state index in [2.05, 4.69) is 10.1 Å². The van der Waals surface area contributed by atoms with Crippen LogP contribution in [0.2, 0.25) is 0 Å². The number of hydrogen-bond acceptors (Lipinski definition) is 7. The molecule has 0 radical (unpaired) electrons. The van der Waals surface area contributed by atoms with Crippen LogP contribution in [0, 0.1) is 0 Å². The number of nitrogens with zero attached hydrogens (tertiary/aromatic N) is 2. The molecule has 7 heteroatoms. The highest BCUT2D eigenvalue weighted by Crippen LogP contribution is 2.37. The number of aromatic nitrogens is 1. The Hall–Kier alpha value is -2.77. The third-order valence-electron chi connectivity index (χ3n) is 6.03. The molecule has 0 bridgehead atoms. The molecule has 7 nitrogen and oxygen atoms in total. The summed E-state index contributed by atoms with van der Waals surface area (Å²) in [6.07, 6.45) is 0.903. The molecule has 2 aliphatic rings. The SMILES string of the molecule is O=C1CCC(c2noc3ccc4cc(OCCN5CCOCC5)ccc4c23)C(=O)C1. The van der Waals surface area contributed by atoms with Crippen LogP contribution in [0.4, 0.5) is 0 Å². The van der Waals surface area contributed by atoms with Crippen LogP contribution in [0.15, 0.2) is 34.9 Å². The number of morpholine rings is 1. The Morgan fingerprint density at radius 1 is 1.13 bits per heavy atom. The van der Waals surface area contributed by atoms with Crippen molar-refractivity contribution in [1.82, 2.24) is 10.1 Å². The van der Waals surface area contributed by atoms with Crippen molar-refractivity contribution in [2.24, 2.45) is 0 Å². The van der Waals surface area contributed by atoms with Gasteiger partial charge in [0.15, 0.2) is 5.58 Å². The first-order chi connectivity index (χ1) is 14.7. The monoisotopic (exact) mass is 408 g/mol. The van der Waals surface area contributed by atoms with E-state index in [-0.39, 0.29) is 23.9 Å². The van der Waals surface area contributed by atoms with E-state index in [0.717, 1.165) is 54.8 Å². The van der Waals surface area contributed by atoms with Gasteiger partial charge >= 0.3 is 0 Å². The Morgan fingerprint density at radius 3 is 2.83 bits per heavy atom. The molecular formula is C23H24N2O5. The van der Waals surface area contributed by atoms with Gasteiger partial charge in [0.1, 0.15) is 29.6 Å². The van der Waals surface area contributed by atoms with Gasteiger partial charge in [-0.05, 0) is 41.5 Å². The van der Waals surface area contributed by atoms with Gasteiger partial charge in [-0.2, -0.15) is 0 Å². The van der Waals surface area contributed by atoms with Crippen molar-refractivity contribution in [3.8, 4) is 5.75 Å². The number of ether oxygens (including phenoxy) is 2. The van der Waals surface area contributed by atoms with Gasteiger partial charge in [0.05, 0.1) is 30.9 Å². The van der Waals surface area contributed by atoms with Crippen LogP contribution in [0.5, 0.6) is 5.75 Å². The Bertz CT molecular complexity index is 1100. The summed E-state index contributed by atoms with van der Waals surface area (Å²) >= 11 is 0. The smallest absolute Gasteiger partial charge is 0.167 e. The normalized spacial score (nSPS) is 20.9. The highest BCUT2D eigenvalue weighted by molar-refractivity contribution is 6.11. The maximum Gasteiger partial charge on any atom is 0.167 e. The van der Waals surface area contributed by atoms with Crippen molar-refractivity contribution in [2.45, 2.75) is 25.2 Å². The van der Waals surface area contributed by atoms with E-state index in [1.807, 2.05) is 30.3 Å². The van der Waals surface area contributed by atoms with E-state index < -0.39 is 0 Å². The second-order valence-corrected chi connectivity index (χ2v) is 7.96. The first kappa shape index (κ1) is 19.2. The number of carbonyl (C=O) groups excluding carboxylic acids is 2. The molecule has 0 N–H and O–H groups in total. The number of Topliss-reactive ketones (excluding diaryl/α,β-unsaturated/α-hetero) is 2. The zero-order valence-corrected chi connectivity index (χ0v) is 16.8. The molecule has 1 saturated heterocycles. The Kier molecular flexibility index (Phi) is 5.23. The van der Waals surface area contributed by atoms with Crippen molar-refractivity contribution >= 4 is 33.3 Å². The van der Waals surface area contributed by atoms with Crippen molar-refractivity contribution < 1.29 is 23.6 Å². The summed E-state index contributed by atoms with van der Waals surface area (Å²) in [7, 11) is 0. The fraction of sp³-hybridized carbons (Fsp3) is 0.435. The lowest BCUT2D eigenvalue weighted by molar-refractivity contribution is -0.130. The lowest BCUT2D eigenvalue weighted by Gasteiger charge is -2.26. The van der Waals surface area contributed by atoms with E-state index in [1.165, 1.54) is 0 Å². The second kappa shape index (κ2) is 8.16. The molecule has 156 valence electrons. The molecule has 1 saturated carbocycles. The number of ketones is 2. The van der Waals surface area contributed by atoms with Crippen LogP contribution in [0.3, 0.4) is 0 Å². The molecular weight excluding hydrogens is 384 g/mol. The van der Waals surface area contributed by atoms with Crippen molar-refractivity contribution in [3.05, 3.63) is 36.0 Å². The zero-order chi connectivity index (χ0) is 20.5. The van der Waals surface area contributed by atoms with Gasteiger partial charge in [0.2, 0.25) is 0 Å². The first-order valence-corrected chi connectivity index (χ1v) is 10.5. The highest BCUT2D eigenvalue weighted by Gasteiger charge is 2.32. The summed E-state index contributed by atoms with van der Waals surface area (Å²) in [5.74, 6) is 0.376. The molecule has 1 unspecified atom stereocenters. The van der Waals surface area contributed by atoms with E-state index in [4.69, 9.17) is 14.0 Å². The molecule has 2 heterocycles. The third-order valence-corrected chi connectivity index (χ3v) is 6.03. The van der Waals surface area contributed by atoms with Gasteiger partial charge in [-0.3, -0.25) is 14.5 Å². The first-order valence-electron chi connectivity index (χ1n) is 10.5. The summed E-state index contributed by atoms with van der Waals surface area (Å²) in [4.78, 5) is 26.4. The number of fused-ring (bicyclic) bond motifs is 3. The number of carbonyl (C=O) groups is 2. The van der Waals surface area contributed by atoms with E-state index in [1.54, 1.807) is 0 Å². The van der Waals surface area contributed by atoms with Crippen LogP contribution in [-0.2, 0) is 14.3 Å². The number of rotatable bonds is 5. The minimum Gasteiger partial charge on any atom is -0.492 e. The van der Waals surface area contributed by atoms with Crippen molar-refractivity contribution in [3.63, 3.8) is 0 Å². The quantitative estimate of drug-likeness (QED) is 0.600. The molecule has 30 heavy (non-hydrogen) atoms. The number of benzene rings is 2. The Labute approximate surface area is 173 Å². The van der Waals surface area contributed by atoms with E-state index in [9.17, 15) is 9.59 Å². The molecule has 2 fully saturated rings. The average molecular weight is 408 g/mol. The predicted molar refractivity (Wildman–Crippen MR) is 111 cm³/mol. The van der Waals surface area contributed by atoms with Gasteiger partial charge < -0.3 is 14.0 Å². The second-order valence-electron chi connectivity index (χ2n) is 7.96. The van der Waals surface area contributed by atoms with Crippen molar-refractivity contribution in [1.29, 1.82) is 0 Å². The van der Waals surface area contributed by atoms with Crippen LogP contribution < -0.4 is 4.74 Å². The lowest BCUT2D eigenvalue weighted by atomic mass is 9.83. The summed E-state index contributed by atoms with van der Waals surface area (Å²) < 4.78 is 16.9. The summed E-state index contributed by atoms with van der Waals surface area (Å²) in [6, 6.07) is 9.82. The largest absolute Gasteiger partial charge is 0.492 e. The molecule has 1 atom stereocenters. The predicted octanol–water partition coefficient (Wildman–Crippen LogP) is 3.10. The Balaban J connectivity index is 1.39. The van der Waals surface area contributed by atoms with Crippen LogP contribution in [0.1, 0.15) is 30.9 Å². The zero-order valence-electron chi connectivity index (χ0n) is 16.8. The summed E-state index contributed by atoms with van der Waals surface area (Å²) in [6.45, 7) is 4.95. The molecule has 3 aromatic rings. The lowest BCUT2D eigenvalue weighted by Crippen LogP contribution is -2.38. The van der Waals surface area contributed by atoms with Gasteiger partial charge in [-0.1, -0.05) is 11.2 Å². The standard InChI is InChI=1S/C23H24N2O5/c26-16-2-4-19(20(27)14-16)23-22-18-5-3-17(13-15(18)1-6-21(22)30-24-23)29-12-9-25-7-10-28-11-8-25/h1,3,5-6,13,19H,2,4,7-12,14H2. The molecule has 1 aliphatic carbocycles. The fourth-order valence-electron chi connectivity index (χ4n) is 4.38. The minimum absolute atomic E-state index is 0.00720. The van der Waals surface area contributed by atoms with E-state index >= 15 is 0 Å². The highest BCUT2D eigenvalue weighted by atomic mass is 16.5.